The number of aliphatic carboxylic acids is 1. The van der Waals surface area contributed by atoms with Crippen LogP contribution >= 0.6 is 0 Å². The molecular formula is C14H20N6O5Se. The zero-order valence-corrected chi connectivity index (χ0v) is 15.5. The van der Waals surface area contributed by atoms with E-state index in [1.807, 2.05) is 0 Å². The van der Waals surface area contributed by atoms with E-state index in [0.717, 1.165) is 0 Å². The summed E-state index contributed by atoms with van der Waals surface area (Å²) in [5.74, 6) is -0.968. The Morgan fingerprint density at radius 3 is 2.92 bits per heavy atom. The van der Waals surface area contributed by atoms with Crippen LogP contribution in [0.5, 0.6) is 0 Å². The van der Waals surface area contributed by atoms with Gasteiger partial charge in [0.25, 0.3) is 0 Å². The third-order valence-corrected chi connectivity index (χ3v) is 6.66. The number of aliphatic hydroxyl groups excluding tert-OH is 2. The number of carboxylic acid groups (broad SMARTS) is 1. The maximum absolute atomic E-state index is 10.7. The van der Waals surface area contributed by atoms with Crippen molar-refractivity contribution >= 4 is 32.4 Å². The van der Waals surface area contributed by atoms with Gasteiger partial charge in [-0.2, -0.15) is 0 Å². The average Bonchev–Trinajstić information content (AvgIpc) is 3.15. The monoisotopic (exact) mass is 432 g/mol. The molecule has 12 heteroatoms. The fourth-order valence-corrected chi connectivity index (χ4v) is 5.20. The zero-order chi connectivity index (χ0) is 18.8. The number of nitrogens with two attached hydrogens (primary N) is 1. The van der Waals surface area contributed by atoms with Gasteiger partial charge in [0.05, 0.1) is 0 Å². The number of nitrogen functional groups attached to an aromatic ring is 1. The minimum absolute atomic E-state index is 0.0351. The van der Waals surface area contributed by atoms with Crippen LogP contribution in [-0.4, -0.2) is 71.6 Å². The van der Waals surface area contributed by atoms with Crippen molar-refractivity contribution in [3.63, 3.8) is 0 Å². The number of aromatic nitrogens is 2. The molecule has 0 unspecified atom stereocenters. The second-order valence-corrected chi connectivity index (χ2v) is 8.57. The SMILES string of the molecule is Nc1ncnc2c1N=N[C@H]2[C@@H]1O[C@H](C[Se]CC[C@H]([NH3+])C(=O)[O-])[C@@H](O)[C@H]1O. The van der Waals surface area contributed by atoms with Gasteiger partial charge in [0.1, 0.15) is 0 Å². The summed E-state index contributed by atoms with van der Waals surface area (Å²) in [6.07, 6.45) is -1.82. The van der Waals surface area contributed by atoms with Crippen molar-refractivity contribution in [1.29, 1.82) is 0 Å². The third-order valence-electron chi connectivity index (χ3n) is 4.38. The van der Waals surface area contributed by atoms with Gasteiger partial charge in [-0.1, -0.05) is 0 Å². The first-order valence-corrected chi connectivity index (χ1v) is 10.5. The number of nitrogens with zero attached hydrogens (tertiary/aromatic N) is 4. The number of anilines is 1. The second kappa shape index (κ2) is 7.90. The Labute approximate surface area is 155 Å². The van der Waals surface area contributed by atoms with Gasteiger partial charge in [-0.05, 0) is 0 Å². The van der Waals surface area contributed by atoms with Crippen molar-refractivity contribution < 1.29 is 30.6 Å². The van der Waals surface area contributed by atoms with Gasteiger partial charge in [-0.3, -0.25) is 0 Å². The molecular weight excluding hydrogens is 411 g/mol. The van der Waals surface area contributed by atoms with Crippen LogP contribution in [0.15, 0.2) is 16.6 Å². The number of rotatable bonds is 7. The van der Waals surface area contributed by atoms with E-state index in [9.17, 15) is 20.1 Å². The van der Waals surface area contributed by atoms with Crippen LogP contribution < -0.4 is 16.6 Å². The quantitative estimate of drug-likeness (QED) is 0.259. The van der Waals surface area contributed by atoms with Crippen LogP contribution in [0.1, 0.15) is 18.2 Å². The Kier molecular flexibility index (Phi) is 5.80. The number of carbonyl (C=O) groups is 1. The summed E-state index contributed by atoms with van der Waals surface area (Å²) in [7, 11) is 0. The molecule has 2 aliphatic rings. The number of carbonyl (C=O) groups excluding carboxylic acids is 1. The van der Waals surface area contributed by atoms with Crippen LogP contribution in [0, 0.1) is 0 Å². The van der Waals surface area contributed by atoms with Crippen molar-refractivity contribution in [3.8, 4) is 0 Å². The second-order valence-electron chi connectivity index (χ2n) is 6.15. The Morgan fingerprint density at radius 2 is 2.19 bits per heavy atom. The van der Waals surface area contributed by atoms with Crippen molar-refractivity contribution in [1.82, 2.24) is 9.97 Å². The summed E-state index contributed by atoms with van der Waals surface area (Å²) < 4.78 is 5.84. The van der Waals surface area contributed by atoms with Gasteiger partial charge in [0.2, 0.25) is 0 Å². The molecule has 3 rings (SSSR count). The van der Waals surface area contributed by atoms with Gasteiger partial charge in [0, 0.05) is 0 Å². The zero-order valence-electron chi connectivity index (χ0n) is 13.8. The number of ether oxygens (including phenoxy) is 1. The first-order valence-electron chi connectivity index (χ1n) is 8.04. The molecule has 0 bridgehead atoms. The van der Waals surface area contributed by atoms with E-state index >= 15 is 0 Å². The first-order chi connectivity index (χ1) is 12.4. The molecule has 0 amide bonds. The molecule has 11 nitrogen and oxygen atoms in total. The Bertz CT molecular complexity index is 706. The van der Waals surface area contributed by atoms with Crippen LogP contribution in [0.25, 0.3) is 0 Å². The minimum atomic E-state index is -1.17. The molecule has 0 aliphatic carbocycles. The molecule has 0 saturated carbocycles. The Balaban J connectivity index is 1.58. The number of aliphatic hydroxyl groups is 2. The average molecular weight is 431 g/mol. The van der Waals surface area contributed by atoms with Crippen LogP contribution in [0.4, 0.5) is 11.5 Å². The van der Waals surface area contributed by atoms with Gasteiger partial charge >= 0.3 is 155 Å². The number of fused-ring (bicyclic) bond motifs is 1. The predicted molar refractivity (Wildman–Crippen MR) is 86.0 cm³/mol. The normalized spacial score (nSPS) is 31.1. The molecule has 0 radical (unpaired) electrons. The summed E-state index contributed by atoms with van der Waals surface area (Å²) >= 11 is 0.0351. The van der Waals surface area contributed by atoms with Gasteiger partial charge in [-0.25, -0.2) is 0 Å². The molecule has 6 atom stereocenters. The van der Waals surface area contributed by atoms with Gasteiger partial charge in [-0.15, -0.1) is 0 Å². The molecule has 1 aromatic heterocycles. The van der Waals surface area contributed by atoms with Crippen molar-refractivity contribution in [3.05, 3.63) is 12.0 Å². The van der Waals surface area contributed by atoms with Crippen LogP contribution in [0.3, 0.4) is 0 Å². The van der Waals surface area contributed by atoms with Crippen molar-refractivity contribution in [2.45, 2.75) is 53.6 Å². The maximum atomic E-state index is 10.7. The molecule has 3 heterocycles. The number of quaternary nitrogens is 1. The molecule has 1 aromatic rings. The van der Waals surface area contributed by atoms with E-state index in [-0.39, 0.29) is 20.8 Å². The molecule has 26 heavy (non-hydrogen) atoms. The van der Waals surface area contributed by atoms with Gasteiger partial charge < -0.3 is 0 Å². The number of hydrogen-bond acceptors (Lipinski definition) is 10. The fraction of sp³-hybridized carbons (Fsp3) is 0.643. The van der Waals surface area contributed by atoms with Crippen LogP contribution in [-0.2, 0) is 9.53 Å². The fourth-order valence-electron chi connectivity index (χ4n) is 2.84. The summed E-state index contributed by atoms with van der Waals surface area (Å²) in [5.41, 5.74) is 10.1. The summed E-state index contributed by atoms with van der Waals surface area (Å²) in [6, 6.07) is -1.40. The summed E-state index contributed by atoms with van der Waals surface area (Å²) in [5, 5.41) is 40.5. The van der Waals surface area contributed by atoms with Gasteiger partial charge in [0.15, 0.2) is 0 Å². The van der Waals surface area contributed by atoms with E-state index in [1.165, 1.54) is 6.33 Å². The molecule has 0 spiro atoms. The molecule has 1 saturated heterocycles. The van der Waals surface area contributed by atoms with Crippen LogP contribution in [0.2, 0.25) is 10.6 Å². The van der Waals surface area contributed by atoms with E-state index in [1.54, 1.807) is 0 Å². The van der Waals surface area contributed by atoms with E-state index < -0.39 is 42.5 Å². The summed E-state index contributed by atoms with van der Waals surface area (Å²) in [6.45, 7) is 0. The van der Waals surface area contributed by atoms with E-state index in [2.05, 4.69) is 25.9 Å². The first kappa shape index (κ1) is 19.1. The topological polar surface area (TPSA) is 194 Å². The summed E-state index contributed by atoms with van der Waals surface area (Å²) in [4.78, 5) is 18.6. The molecule has 1 fully saturated rings. The number of azo groups is 1. The molecule has 142 valence electrons. The van der Waals surface area contributed by atoms with E-state index in [0.29, 0.717) is 28.4 Å². The standard InChI is InChI=1S/C14H20N6O5Se/c15-5(14(23)24)1-2-26-3-6-10(21)11(22)12(25-6)8-7-9(20-19-8)13(16)18-4-17-7/h4-6,8,10-12,21-22H,1-3,15H2,(H,23,24)(H2,16,17,18)/t5-,6+,8+,10+,11+,12-/m0/s1. The molecule has 2 aliphatic heterocycles. The number of carboxylic acids is 1. The molecule has 7 N–H and O–H groups in total. The Morgan fingerprint density at radius 1 is 1.42 bits per heavy atom. The molecule has 0 aromatic carbocycles. The van der Waals surface area contributed by atoms with Crippen molar-refractivity contribution in [2.75, 3.05) is 5.73 Å². The Hall–Kier alpha value is -1.69. The van der Waals surface area contributed by atoms with Crippen molar-refractivity contribution in [2.24, 2.45) is 10.2 Å². The third kappa shape index (κ3) is 3.70. The predicted octanol–water partition coefficient (Wildman–Crippen LogP) is -3.02. The van der Waals surface area contributed by atoms with E-state index in [4.69, 9.17) is 10.5 Å². The number of hydrogen-bond donors (Lipinski definition) is 4.